The number of hydrogen-bond donors (Lipinski definition) is 0. The van der Waals surface area contributed by atoms with Gasteiger partial charge in [0, 0.05) is 23.5 Å². The van der Waals surface area contributed by atoms with Crippen LogP contribution in [0.2, 0.25) is 0 Å². The number of benzene rings is 2. The maximum atomic E-state index is 13.3. The van der Waals surface area contributed by atoms with Crippen LogP contribution in [0.1, 0.15) is 32.7 Å². The molecule has 0 spiro atoms. The van der Waals surface area contributed by atoms with Gasteiger partial charge in [0.2, 0.25) is 0 Å². The molecule has 4 heterocycles. The van der Waals surface area contributed by atoms with Gasteiger partial charge in [-0.3, -0.25) is 4.79 Å². The highest BCUT2D eigenvalue weighted by Crippen LogP contribution is 2.32. The summed E-state index contributed by atoms with van der Waals surface area (Å²) < 4.78 is 12.5. The summed E-state index contributed by atoms with van der Waals surface area (Å²) in [7, 11) is 0. The zero-order valence-corrected chi connectivity index (χ0v) is 18.5. The van der Waals surface area contributed by atoms with E-state index in [9.17, 15) is 4.79 Å². The van der Waals surface area contributed by atoms with Gasteiger partial charge in [0.05, 0.1) is 36.2 Å². The second-order valence-electron chi connectivity index (χ2n) is 8.15. The van der Waals surface area contributed by atoms with Gasteiger partial charge >= 0.3 is 0 Å². The van der Waals surface area contributed by atoms with Crippen LogP contribution in [0.15, 0.2) is 60.9 Å². The highest BCUT2D eigenvalue weighted by molar-refractivity contribution is 7.00. The van der Waals surface area contributed by atoms with E-state index < -0.39 is 0 Å². The molecular formula is C24H20N6OS. The van der Waals surface area contributed by atoms with Gasteiger partial charge in [-0.2, -0.15) is 13.8 Å². The molecule has 158 valence electrons. The van der Waals surface area contributed by atoms with E-state index in [1.54, 1.807) is 0 Å². The largest absolute Gasteiger partial charge is 0.328 e. The Balaban J connectivity index is 1.39. The summed E-state index contributed by atoms with van der Waals surface area (Å²) in [4.78, 5) is 15.1. The van der Waals surface area contributed by atoms with Gasteiger partial charge in [0.15, 0.2) is 0 Å². The molecule has 7 nitrogen and oxygen atoms in total. The first-order chi connectivity index (χ1) is 15.6. The predicted octanol–water partition coefficient (Wildman–Crippen LogP) is 4.44. The van der Waals surface area contributed by atoms with Crippen molar-refractivity contribution in [1.82, 2.24) is 28.0 Å². The number of fused-ring (bicyclic) bond motifs is 2. The Hall–Kier alpha value is -3.78. The van der Waals surface area contributed by atoms with Crippen molar-refractivity contribution in [1.29, 1.82) is 0 Å². The first-order valence-electron chi connectivity index (χ1n) is 10.4. The third-order valence-electron chi connectivity index (χ3n) is 6.10. The molecule has 8 heteroatoms. The maximum absolute atomic E-state index is 13.3. The van der Waals surface area contributed by atoms with Crippen LogP contribution in [-0.2, 0) is 13.1 Å². The van der Waals surface area contributed by atoms with Gasteiger partial charge in [0.25, 0.3) is 5.91 Å². The Morgan fingerprint density at radius 2 is 1.75 bits per heavy atom. The quantitative estimate of drug-likeness (QED) is 0.416. The predicted molar refractivity (Wildman–Crippen MR) is 123 cm³/mol. The van der Waals surface area contributed by atoms with Crippen LogP contribution in [0.3, 0.4) is 0 Å². The fourth-order valence-electron chi connectivity index (χ4n) is 4.22. The normalized spacial score (nSPS) is 13.1. The fraction of sp³-hybridized carbons (Fsp3) is 0.167. The van der Waals surface area contributed by atoms with E-state index in [0.29, 0.717) is 18.7 Å². The van der Waals surface area contributed by atoms with Crippen LogP contribution in [-0.4, -0.2) is 33.9 Å². The molecule has 3 aromatic heterocycles. The number of carbonyl (C=O) groups is 1. The zero-order valence-electron chi connectivity index (χ0n) is 17.7. The molecule has 0 saturated heterocycles. The number of amides is 1. The van der Waals surface area contributed by atoms with Crippen LogP contribution in [0, 0.1) is 13.8 Å². The summed E-state index contributed by atoms with van der Waals surface area (Å²) in [5.74, 6) is 0.955. The van der Waals surface area contributed by atoms with Crippen LogP contribution in [0.4, 0.5) is 0 Å². The minimum atomic E-state index is -0.0194. The Bertz CT molecular complexity index is 1480. The van der Waals surface area contributed by atoms with Gasteiger partial charge < -0.3 is 9.47 Å². The molecule has 1 amide bonds. The molecule has 0 radical (unpaired) electrons. The highest BCUT2D eigenvalue weighted by Gasteiger charge is 2.32. The summed E-state index contributed by atoms with van der Waals surface area (Å²) in [6.45, 7) is 5.21. The van der Waals surface area contributed by atoms with Crippen molar-refractivity contribution in [2.24, 2.45) is 0 Å². The van der Waals surface area contributed by atoms with Gasteiger partial charge in [-0.25, -0.2) is 4.68 Å². The molecular weight excluding hydrogens is 420 g/mol. The van der Waals surface area contributed by atoms with E-state index in [1.807, 2.05) is 52.3 Å². The van der Waals surface area contributed by atoms with E-state index in [2.05, 4.69) is 45.4 Å². The second kappa shape index (κ2) is 7.13. The molecule has 0 saturated carbocycles. The molecule has 0 bridgehead atoms. The lowest BCUT2D eigenvalue weighted by atomic mass is 10.1. The number of hydrogen-bond acceptors (Lipinski definition) is 5. The summed E-state index contributed by atoms with van der Waals surface area (Å²) in [6.07, 6.45) is 4.03. The minimum Gasteiger partial charge on any atom is -0.328 e. The smallest absolute Gasteiger partial charge is 0.254 e. The van der Waals surface area contributed by atoms with Crippen molar-refractivity contribution >= 4 is 28.7 Å². The Labute approximate surface area is 188 Å². The van der Waals surface area contributed by atoms with E-state index >= 15 is 0 Å². The molecule has 32 heavy (non-hydrogen) atoms. The van der Waals surface area contributed by atoms with Gasteiger partial charge in [0.1, 0.15) is 16.9 Å². The van der Waals surface area contributed by atoms with E-state index in [4.69, 9.17) is 5.10 Å². The minimum absolute atomic E-state index is 0.0194. The van der Waals surface area contributed by atoms with Crippen molar-refractivity contribution in [2.75, 3.05) is 0 Å². The van der Waals surface area contributed by atoms with E-state index in [-0.39, 0.29) is 5.91 Å². The van der Waals surface area contributed by atoms with Gasteiger partial charge in [-0.1, -0.05) is 6.07 Å². The molecule has 0 unspecified atom stereocenters. The molecule has 2 aromatic carbocycles. The van der Waals surface area contributed by atoms with Crippen LogP contribution < -0.4 is 0 Å². The molecule has 0 aliphatic carbocycles. The molecule has 6 rings (SSSR count). The maximum Gasteiger partial charge on any atom is 0.254 e. The van der Waals surface area contributed by atoms with Crippen LogP contribution >= 0.6 is 11.7 Å². The summed E-state index contributed by atoms with van der Waals surface area (Å²) in [5.41, 5.74) is 7.69. The third kappa shape index (κ3) is 2.95. The number of carbonyl (C=O) groups excluding carboxylic acids is 1. The molecule has 5 aromatic rings. The van der Waals surface area contributed by atoms with Crippen LogP contribution in [0.5, 0.6) is 0 Å². The fourth-order valence-corrected chi connectivity index (χ4v) is 4.74. The van der Waals surface area contributed by atoms with E-state index in [1.165, 1.54) is 11.1 Å². The lowest BCUT2D eigenvalue weighted by Crippen LogP contribution is -2.26. The topological polar surface area (TPSA) is 68.8 Å². The van der Waals surface area contributed by atoms with Crippen molar-refractivity contribution in [3.63, 3.8) is 0 Å². The summed E-state index contributed by atoms with van der Waals surface area (Å²) >= 11 is 1.16. The third-order valence-corrected chi connectivity index (χ3v) is 6.66. The van der Waals surface area contributed by atoms with Crippen molar-refractivity contribution in [2.45, 2.75) is 26.9 Å². The average Bonchev–Trinajstić information content (AvgIpc) is 3.57. The average molecular weight is 441 g/mol. The van der Waals surface area contributed by atoms with Crippen LogP contribution in [0.25, 0.3) is 22.5 Å². The lowest BCUT2D eigenvalue weighted by molar-refractivity contribution is 0.0749. The number of aromatic nitrogens is 5. The van der Waals surface area contributed by atoms with Gasteiger partial charge in [-0.15, -0.1) is 0 Å². The standard InChI is InChI=1S/C24H20N6OS/c1-15-5-7-18(11-16(15)2)30-23(28-9-3-4-10-28)19-13-29(14-22(19)25-30)24(31)17-6-8-20-21(12-17)27-32-26-20/h3-12H,13-14H2,1-2H3. The van der Waals surface area contributed by atoms with Crippen molar-refractivity contribution in [3.05, 3.63) is 88.9 Å². The van der Waals surface area contributed by atoms with E-state index in [0.717, 1.165) is 45.5 Å². The Morgan fingerprint density at radius 1 is 0.938 bits per heavy atom. The number of aryl methyl sites for hydroxylation is 2. The highest BCUT2D eigenvalue weighted by atomic mass is 32.1. The Kier molecular flexibility index (Phi) is 4.22. The van der Waals surface area contributed by atoms with Crippen molar-refractivity contribution in [3.8, 4) is 11.5 Å². The Morgan fingerprint density at radius 3 is 2.56 bits per heavy atom. The van der Waals surface area contributed by atoms with Crippen molar-refractivity contribution < 1.29 is 4.79 Å². The van der Waals surface area contributed by atoms with Gasteiger partial charge in [-0.05, 0) is 67.4 Å². The lowest BCUT2D eigenvalue weighted by Gasteiger charge is -2.18. The number of rotatable bonds is 3. The molecule has 0 fully saturated rings. The molecule has 1 aliphatic rings. The second-order valence-corrected chi connectivity index (χ2v) is 8.68. The summed E-state index contributed by atoms with van der Waals surface area (Å²) in [6, 6.07) is 15.9. The molecule has 0 N–H and O–H groups in total. The molecule has 0 atom stereocenters. The first-order valence-corrected chi connectivity index (χ1v) is 11.1. The SMILES string of the molecule is Cc1ccc(-n2nc3c(c2-n2cccc2)CN(C(=O)c2ccc4nsnc4c2)C3)cc1C. The first kappa shape index (κ1) is 18.9. The number of nitrogens with zero attached hydrogens (tertiary/aromatic N) is 6. The zero-order chi connectivity index (χ0) is 21.8. The monoisotopic (exact) mass is 440 g/mol. The summed E-state index contributed by atoms with van der Waals surface area (Å²) in [5, 5.41) is 4.94. The molecule has 1 aliphatic heterocycles.